The van der Waals surface area contributed by atoms with Gasteiger partial charge in [0.05, 0.1) is 0 Å². The van der Waals surface area contributed by atoms with Crippen LogP contribution in [0.3, 0.4) is 0 Å². The van der Waals surface area contributed by atoms with E-state index < -0.39 is 0 Å². The molecule has 4 heteroatoms. The molecule has 0 saturated heterocycles. The molecule has 1 aromatic carbocycles. The highest BCUT2D eigenvalue weighted by atomic mass is 79.9. The maximum absolute atomic E-state index is 13.5. The van der Waals surface area contributed by atoms with Crippen LogP contribution < -0.4 is 0 Å². The first kappa shape index (κ1) is 14.2. The number of halogens is 2. The van der Waals surface area contributed by atoms with Crippen LogP contribution in [0.4, 0.5) is 4.39 Å². The lowest BCUT2D eigenvalue weighted by atomic mass is 10.1. The topological polar surface area (TPSA) is 17.1 Å². The van der Waals surface area contributed by atoms with Gasteiger partial charge in [0.2, 0.25) is 0 Å². The Kier molecular flexibility index (Phi) is 4.32. The molecular weight excluding hydrogens is 327 g/mol. The SMILES string of the molecule is Cc1cc(C(=O)/C=C/c2cc(Br)ccc2F)c(C)s1. The molecule has 0 atom stereocenters. The van der Waals surface area contributed by atoms with Crippen LogP contribution in [0.2, 0.25) is 0 Å². The molecule has 0 N–H and O–H groups in total. The summed E-state index contributed by atoms with van der Waals surface area (Å²) >= 11 is 4.87. The smallest absolute Gasteiger partial charge is 0.186 e. The van der Waals surface area contributed by atoms with Crippen molar-refractivity contribution >= 4 is 39.1 Å². The van der Waals surface area contributed by atoms with Crippen LogP contribution in [0.15, 0.2) is 34.8 Å². The molecular formula is C15H12BrFOS. The second kappa shape index (κ2) is 5.80. The van der Waals surface area contributed by atoms with Crippen LogP contribution in [0.25, 0.3) is 6.08 Å². The van der Waals surface area contributed by atoms with Crippen molar-refractivity contribution < 1.29 is 9.18 Å². The van der Waals surface area contributed by atoms with E-state index in [1.165, 1.54) is 18.2 Å². The van der Waals surface area contributed by atoms with Crippen LogP contribution in [0.1, 0.15) is 25.7 Å². The number of thiophene rings is 1. The fourth-order valence-electron chi connectivity index (χ4n) is 1.77. The molecule has 2 rings (SSSR count). The molecule has 1 nitrogen and oxygen atoms in total. The van der Waals surface area contributed by atoms with Crippen LogP contribution in [0.5, 0.6) is 0 Å². The number of benzene rings is 1. The molecule has 0 unspecified atom stereocenters. The molecule has 1 heterocycles. The number of hydrogen-bond donors (Lipinski definition) is 0. The number of rotatable bonds is 3. The zero-order valence-electron chi connectivity index (χ0n) is 10.5. The average Bonchev–Trinajstić information content (AvgIpc) is 2.69. The third kappa shape index (κ3) is 3.39. The second-order valence-electron chi connectivity index (χ2n) is 4.19. The maximum Gasteiger partial charge on any atom is 0.186 e. The first-order valence-electron chi connectivity index (χ1n) is 5.72. The highest BCUT2D eigenvalue weighted by molar-refractivity contribution is 9.10. The van der Waals surface area contributed by atoms with Crippen molar-refractivity contribution in [2.24, 2.45) is 0 Å². The standard InChI is InChI=1S/C15H12BrFOS/c1-9-7-13(10(2)19-9)15(18)6-3-11-8-12(16)4-5-14(11)17/h3-8H,1-2H3/b6-3+. The van der Waals surface area contributed by atoms with Gasteiger partial charge in [-0.05, 0) is 50.3 Å². The van der Waals surface area contributed by atoms with E-state index in [1.54, 1.807) is 23.5 Å². The first-order chi connectivity index (χ1) is 8.97. The Balaban J connectivity index is 2.25. The van der Waals surface area contributed by atoms with E-state index in [4.69, 9.17) is 0 Å². The van der Waals surface area contributed by atoms with Crippen LogP contribution in [-0.2, 0) is 0 Å². The lowest BCUT2D eigenvalue weighted by Crippen LogP contribution is -1.94. The zero-order valence-corrected chi connectivity index (χ0v) is 12.9. The molecule has 1 aromatic heterocycles. The first-order valence-corrected chi connectivity index (χ1v) is 7.33. The zero-order chi connectivity index (χ0) is 14.0. The van der Waals surface area contributed by atoms with Gasteiger partial charge < -0.3 is 0 Å². The summed E-state index contributed by atoms with van der Waals surface area (Å²) in [7, 11) is 0. The quantitative estimate of drug-likeness (QED) is 0.557. The van der Waals surface area contributed by atoms with E-state index in [-0.39, 0.29) is 11.6 Å². The maximum atomic E-state index is 13.5. The van der Waals surface area contributed by atoms with Gasteiger partial charge in [0.25, 0.3) is 0 Å². The van der Waals surface area contributed by atoms with Crippen molar-refractivity contribution in [2.75, 3.05) is 0 Å². The molecule has 0 bridgehead atoms. The second-order valence-corrected chi connectivity index (χ2v) is 6.57. The van der Waals surface area contributed by atoms with Gasteiger partial charge in [-0.1, -0.05) is 15.9 Å². The van der Waals surface area contributed by atoms with E-state index in [2.05, 4.69) is 15.9 Å². The summed E-state index contributed by atoms with van der Waals surface area (Å²) in [5, 5.41) is 0. The number of aryl methyl sites for hydroxylation is 2. The van der Waals surface area contributed by atoms with Crippen LogP contribution in [-0.4, -0.2) is 5.78 Å². The molecule has 2 aromatic rings. The van der Waals surface area contributed by atoms with Crippen molar-refractivity contribution in [1.82, 2.24) is 0 Å². The van der Waals surface area contributed by atoms with Crippen LogP contribution in [0, 0.1) is 19.7 Å². The number of allylic oxidation sites excluding steroid dienone is 1. The Morgan fingerprint density at radius 2 is 2.05 bits per heavy atom. The Morgan fingerprint density at radius 1 is 1.32 bits per heavy atom. The third-order valence-electron chi connectivity index (χ3n) is 2.68. The number of hydrogen-bond acceptors (Lipinski definition) is 2. The summed E-state index contributed by atoms with van der Waals surface area (Å²) < 4.78 is 14.3. The Morgan fingerprint density at radius 3 is 2.68 bits per heavy atom. The lowest BCUT2D eigenvalue weighted by molar-refractivity contribution is 0.104. The number of ketones is 1. The highest BCUT2D eigenvalue weighted by Crippen LogP contribution is 2.22. The Hall–Kier alpha value is -1.26. The largest absolute Gasteiger partial charge is 0.289 e. The van der Waals surface area contributed by atoms with E-state index in [0.29, 0.717) is 11.1 Å². The highest BCUT2D eigenvalue weighted by Gasteiger charge is 2.09. The molecule has 19 heavy (non-hydrogen) atoms. The van der Waals surface area contributed by atoms with Gasteiger partial charge in [-0.3, -0.25) is 4.79 Å². The molecule has 0 fully saturated rings. The van der Waals surface area contributed by atoms with Gasteiger partial charge in [0.15, 0.2) is 5.78 Å². The van der Waals surface area contributed by atoms with Crippen molar-refractivity contribution in [3.8, 4) is 0 Å². The van der Waals surface area contributed by atoms with Gasteiger partial charge >= 0.3 is 0 Å². The summed E-state index contributed by atoms with van der Waals surface area (Å²) in [6.45, 7) is 3.88. The minimum atomic E-state index is -0.342. The van der Waals surface area contributed by atoms with Gasteiger partial charge in [0, 0.05) is 25.4 Å². The van der Waals surface area contributed by atoms with E-state index in [9.17, 15) is 9.18 Å². The van der Waals surface area contributed by atoms with Gasteiger partial charge in [0.1, 0.15) is 5.82 Å². The summed E-state index contributed by atoms with van der Waals surface area (Å²) in [6.07, 6.45) is 2.92. The fourth-order valence-corrected chi connectivity index (χ4v) is 3.08. The molecule has 0 amide bonds. The molecule has 98 valence electrons. The molecule has 0 aliphatic carbocycles. The Bertz CT molecular complexity index is 658. The van der Waals surface area contributed by atoms with E-state index in [1.807, 2.05) is 19.9 Å². The van der Waals surface area contributed by atoms with E-state index in [0.717, 1.165) is 14.2 Å². The lowest BCUT2D eigenvalue weighted by Gasteiger charge is -1.98. The minimum absolute atomic E-state index is 0.0961. The predicted molar refractivity (Wildman–Crippen MR) is 81.3 cm³/mol. The molecule has 0 aliphatic rings. The van der Waals surface area contributed by atoms with Crippen molar-refractivity contribution in [1.29, 1.82) is 0 Å². The molecule has 0 radical (unpaired) electrons. The normalized spacial score (nSPS) is 11.2. The van der Waals surface area contributed by atoms with Crippen molar-refractivity contribution in [3.63, 3.8) is 0 Å². The Labute approximate surface area is 123 Å². The van der Waals surface area contributed by atoms with Gasteiger partial charge in [-0.15, -0.1) is 11.3 Å². The molecule has 0 aliphatic heterocycles. The average molecular weight is 339 g/mol. The monoisotopic (exact) mass is 338 g/mol. The fraction of sp³-hybridized carbons (Fsp3) is 0.133. The third-order valence-corrected chi connectivity index (χ3v) is 4.14. The summed E-state index contributed by atoms with van der Waals surface area (Å²) in [6, 6.07) is 6.50. The summed E-state index contributed by atoms with van der Waals surface area (Å²) in [4.78, 5) is 14.1. The van der Waals surface area contributed by atoms with Crippen molar-refractivity contribution in [2.45, 2.75) is 13.8 Å². The molecule has 0 spiro atoms. The van der Waals surface area contributed by atoms with Gasteiger partial charge in [-0.25, -0.2) is 4.39 Å². The predicted octanol–water partition coefficient (Wildman–Crippen LogP) is 5.16. The number of carbonyl (C=O) groups is 1. The molecule has 0 saturated carbocycles. The van der Waals surface area contributed by atoms with Crippen molar-refractivity contribution in [3.05, 3.63) is 61.5 Å². The summed E-state index contributed by atoms with van der Waals surface area (Å²) in [5.41, 5.74) is 1.08. The number of carbonyl (C=O) groups excluding carboxylic acids is 1. The van der Waals surface area contributed by atoms with E-state index >= 15 is 0 Å². The van der Waals surface area contributed by atoms with Gasteiger partial charge in [-0.2, -0.15) is 0 Å². The summed E-state index contributed by atoms with van der Waals surface area (Å²) in [5.74, 6) is -0.438. The minimum Gasteiger partial charge on any atom is -0.289 e. The van der Waals surface area contributed by atoms with Crippen LogP contribution >= 0.6 is 27.3 Å².